The Balaban J connectivity index is 0.00000200. The van der Waals surface area contributed by atoms with Crippen molar-refractivity contribution in [3.8, 4) is 0 Å². The summed E-state index contributed by atoms with van der Waals surface area (Å²) in [5.41, 5.74) is 7.41. The molecule has 0 aromatic heterocycles. The summed E-state index contributed by atoms with van der Waals surface area (Å²) in [6.45, 7) is 1.02. The Morgan fingerprint density at radius 1 is 0.816 bits per heavy atom. The maximum Gasteiger partial charge on any atom is 1.00 e. The van der Waals surface area contributed by atoms with E-state index in [1.807, 2.05) is 6.07 Å². The molecule has 5 rings (SSSR count). The zero-order valence-electron chi connectivity index (χ0n) is 21.6. The SMILES string of the molecule is O=P([O-])([O-])OCCCOC1CSC(=C2c3ccccc3N(Cc3ccccc3)c3ccccc32)SC1.[Na+].[Na+]. The molecule has 3 aromatic rings. The first-order valence-electron chi connectivity index (χ1n) is 11.8. The van der Waals surface area contributed by atoms with Crippen molar-refractivity contribution in [3.05, 3.63) is 99.8 Å². The van der Waals surface area contributed by atoms with E-state index in [1.165, 1.54) is 37.9 Å². The summed E-state index contributed by atoms with van der Waals surface area (Å²) in [4.78, 5) is 23.5. The fraction of sp³-hybridized carbons (Fsp3) is 0.259. The Bertz CT molecular complexity index is 1230. The van der Waals surface area contributed by atoms with Crippen LogP contribution < -0.4 is 73.8 Å². The van der Waals surface area contributed by atoms with Gasteiger partial charge in [-0.2, -0.15) is 0 Å². The Morgan fingerprint density at radius 3 is 1.95 bits per heavy atom. The molecular formula is C27H26NNa2O5PS2. The molecule has 0 saturated carbocycles. The minimum absolute atomic E-state index is 0. The molecular weight excluding hydrogens is 559 g/mol. The minimum Gasteiger partial charge on any atom is -0.790 e. The van der Waals surface area contributed by atoms with Gasteiger partial charge in [0, 0.05) is 57.0 Å². The Labute approximate surface area is 276 Å². The van der Waals surface area contributed by atoms with E-state index in [0.717, 1.165) is 18.1 Å². The fourth-order valence-corrected chi connectivity index (χ4v) is 7.50. The van der Waals surface area contributed by atoms with Gasteiger partial charge in [0.25, 0.3) is 0 Å². The average Bonchev–Trinajstić information content (AvgIpc) is 2.89. The molecule has 2 aliphatic heterocycles. The van der Waals surface area contributed by atoms with Crippen LogP contribution in [-0.2, 0) is 20.4 Å². The summed E-state index contributed by atoms with van der Waals surface area (Å²) in [5, 5.41) is 0. The second kappa shape index (κ2) is 15.3. The predicted molar refractivity (Wildman–Crippen MR) is 144 cm³/mol. The standard InChI is InChI=1S/C27H28NO5PS2.2Na/c29-34(30,31)33-16-8-15-32-21-18-35-27(36-19-21)26-22-11-4-6-13-24(22)28(17-20-9-2-1-3-10-20)25-14-7-5-12-23(25)26;;/h1-7,9-14,21H,8,15-19H2,(H2,29,30,31);;/q;2*+1/p-2. The number of hydrogen-bond donors (Lipinski definition) is 0. The van der Waals surface area contributed by atoms with Crippen LogP contribution in [0, 0.1) is 0 Å². The van der Waals surface area contributed by atoms with Crippen molar-refractivity contribution in [2.75, 3.05) is 29.6 Å². The third-order valence-electron chi connectivity index (χ3n) is 6.01. The number of rotatable bonds is 8. The Hall–Kier alpha value is -0.0300. The van der Waals surface area contributed by atoms with Crippen LogP contribution in [0.15, 0.2) is 83.1 Å². The summed E-state index contributed by atoms with van der Waals surface area (Å²) in [6.07, 6.45) is 0.422. The van der Waals surface area contributed by atoms with Crippen LogP contribution in [0.25, 0.3) is 5.57 Å². The molecule has 188 valence electrons. The van der Waals surface area contributed by atoms with Gasteiger partial charge in [-0.15, -0.1) is 23.5 Å². The number of nitrogens with zero attached hydrogens (tertiary/aromatic N) is 1. The Morgan fingerprint density at radius 2 is 1.37 bits per heavy atom. The first-order chi connectivity index (χ1) is 17.5. The molecule has 0 bridgehead atoms. The molecule has 11 heteroatoms. The van der Waals surface area contributed by atoms with Gasteiger partial charge in [-0.05, 0) is 24.1 Å². The molecule has 0 radical (unpaired) electrons. The van der Waals surface area contributed by atoms with Crippen molar-refractivity contribution in [3.63, 3.8) is 0 Å². The van der Waals surface area contributed by atoms with Crippen molar-refractivity contribution < 1.29 is 82.7 Å². The second-order valence-electron chi connectivity index (χ2n) is 8.52. The second-order valence-corrected chi connectivity index (χ2v) is 12.0. The summed E-state index contributed by atoms with van der Waals surface area (Å²) < 4.78 is 22.0. The Kier molecular flexibility index (Phi) is 13.1. The number of phosphoric acid groups is 1. The first-order valence-corrected chi connectivity index (χ1v) is 15.2. The first kappa shape index (κ1) is 32.5. The van der Waals surface area contributed by atoms with Gasteiger partial charge in [-0.25, -0.2) is 0 Å². The molecule has 3 aromatic carbocycles. The van der Waals surface area contributed by atoms with Crippen LogP contribution in [0.5, 0.6) is 0 Å². The number of para-hydroxylation sites is 2. The third-order valence-corrected chi connectivity index (χ3v) is 9.22. The summed E-state index contributed by atoms with van der Waals surface area (Å²) in [6, 6.07) is 27.7. The van der Waals surface area contributed by atoms with Gasteiger partial charge in [-0.1, -0.05) is 66.7 Å². The maximum absolute atomic E-state index is 10.6. The third kappa shape index (κ3) is 8.26. The number of benzene rings is 3. The maximum atomic E-state index is 10.6. The van der Waals surface area contributed by atoms with Crippen molar-refractivity contribution in [2.45, 2.75) is 19.1 Å². The van der Waals surface area contributed by atoms with Crippen LogP contribution in [-0.4, -0.2) is 30.8 Å². The molecule has 1 fully saturated rings. The minimum atomic E-state index is -4.91. The molecule has 0 N–H and O–H groups in total. The van der Waals surface area contributed by atoms with E-state index in [0.29, 0.717) is 13.0 Å². The molecule has 1 saturated heterocycles. The normalized spacial score (nSPS) is 16.7. The predicted octanol–water partition coefficient (Wildman–Crippen LogP) is -0.836. The van der Waals surface area contributed by atoms with Crippen LogP contribution in [0.4, 0.5) is 11.4 Å². The quantitative estimate of drug-likeness (QED) is 0.193. The molecule has 0 spiro atoms. The van der Waals surface area contributed by atoms with Gasteiger partial charge in [-0.3, -0.25) is 0 Å². The van der Waals surface area contributed by atoms with E-state index in [4.69, 9.17) is 4.74 Å². The number of fused-ring (bicyclic) bond motifs is 2. The molecule has 0 atom stereocenters. The molecule has 2 heterocycles. The molecule has 2 aliphatic rings. The van der Waals surface area contributed by atoms with E-state index < -0.39 is 7.82 Å². The van der Waals surface area contributed by atoms with E-state index in [1.54, 1.807) is 23.5 Å². The fourth-order valence-electron chi connectivity index (χ4n) is 4.42. The largest absolute Gasteiger partial charge is 1.00 e. The van der Waals surface area contributed by atoms with Gasteiger partial charge < -0.3 is 28.5 Å². The van der Waals surface area contributed by atoms with Crippen molar-refractivity contribution >= 4 is 48.3 Å². The number of hydrogen-bond acceptors (Lipinski definition) is 8. The molecule has 0 aliphatic carbocycles. The van der Waals surface area contributed by atoms with Crippen LogP contribution >= 0.6 is 31.3 Å². The van der Waals surface area contributed by atoms with E-state index >= 15 is 0 Å². The topological polar surface area (TPSA) is 84.9 Å². The molecule has 0 unspecified atom stereocenters. The summed E-state index contributed by atoms with van der Waals surface area (Å²) in [5.74, 6) is 1.62. The van der Waals surface area contributed by atoms with Gasteiger partial charge in [0.2, 0.25) is 0 Å². The monoisotopic (exact) mass is 585 g/mol. The van der Waals surface area contributed by atoms with Gasteiger partial charge in [0.1, 0.15) is 0 Å². The van der Waals surface area contributed by atoms with Crippen molar-refractivity contribution in [2.24, 2.45) is 0 Å². The van der Waals surface area contributed by atoms with Crippen molar-refractivity contribution in [1.29, 1.82) is 0 Å². The van der Waals surface area contributed by atoms with Gasteiger partial charge in [0.05, 0.1) is 20.5 Å². The van der Waals surface area contributed by atoms with E-state index in [2.05, 4.69) is 82.2 Å². The smallest absolute Gasteiger partial charge is 0.790 e. The zero-order valence-corrected chi connectivity index (χ0v) is 28.1. The summed E-state index contributed by atoms with van der Waals surface area (Å²) >= 11 is 3.60. The van der Waals surface area contributed by atoms with Crippen molar-refractivity contribution in [1.82, 2.24) is 0 Å². The molecule has 6 nitrogen and oxygen atoms in total. The van der Waals surface area contributed by atoms with Gasteiger partial charge >= 0.3 is 59.1 Å². The zero-order chi connectivity index (χ0) is 25.0. The van der Waals surface area contributed by atoms with E-state index in [9.17, 15) is 14.4 Å². The molecule has 0 amide bonds. The van der Waals surface area contributed by atoms with Crippen LogP contribution in [0.2, 0.25) is 0 Å². The van der Waals surface area contributed by atoms with Crippen LogP contribution in [0.1, 0.15) is 23.1 Å². The van der Waals surface area contributed by atoms with E-state index in [-0.39, 0.29) is 71.8 Å². The van der Waals surface area contributed by atoms with Gasteiger partial charge in [0.15, 0.2) is 0 Å². The molecule has 38 heavy (non-hydrogen) atoms. The number of thioether (sulfide) groups is 2. The number of anilines is 2. The summed E-state index contributed by atoms with van der Waals surface area (Å²) in [7, 11) is -4.91. The number of ether oxygens (including phenoxy) is 1. The van der Waals surface area contributed by atoms with Crippen LogP contribution in [0.3, 0.4) is 0 Å². The number of phosphoric ester groups is 1. The average molecular weight is 586 g/mol.